The summed E-state index contributed by atoms with van der Waals surface area (Å²) < 4.78 is 25.3. The van der Waals surface area contributed by atoms with Crippen LogP contribution in [0.3, 0.4) is 0 Å². The molecule has 0 aliphatic carbocycles. The van der Waals surface area contributed by atoms with Crippen molar-refractivity contribution >= 4 is 21.9 Å². The lowest BCUT2D eigenvalue weighted by Crippen LogP contribution is -2.00. The molecule has 0 N–H and O–H groups in total. The molecule has 4 heteroatoms. The summed E-state index contributed by atoms with van der Waals surface area (Å²) in [5.74, 6) is 0.0876. The maximum Gasteiger partial charge on any atom is 0.348 e. The summed E-state index contributed by atoms with van der Waals surface area (Å²) in [5.41, 5.74) is 1.15. The van der Waals surface area contributed by atoms with Crippen LogP contribution in [0.4, 0.5) is 4.39 Å². The zero-order chi connectivity index (χ0) is 15.3. The predicted molar refractivity (Wildman–Crippen MR) is 82.4 cm³/mol. The van der Waals surface area contributed by atoms with Gasteiger partial charge in [-0.3, -0.25) is 0 Å². The van der Waals surface area contributed by atoms with Crippen LogP contribution < -0.4 is 5.63 Å². The Kier molecular flexibility index (Phi) is 2.66. The van der Waals surface area contributed by atoms with E-state index >= 15 is 0 Å². The molecule has 0 bridgehead atoms. The Morgan fingerprint density at radius 2 is 1.68 bits per heavy atom. The van der Waals surface area contributed by atoms with Crippen molar-refractivity contribution in [2.45, 2.75) is 6.92 Å². The number of benzene rings is 2. The maximum absolute atomic E-state index is 14.1. The van der Waals surface area contributed by atoms with Gasteiger partial charge in [0, 0.05) is 11.1 Å². The predicted octanol–water partition coefficient (Wildman–Crippen LogP) is 4.65. The molecule has 0 spiro atoms. The van der Waals surface area contributed by atoms with Gasteiger partial charge in [0.1, 0.15) is 22.5 Å². The Balaban J connectivity index is 2.22. The Labute approximate surface area is 124 Å². The third-order valence-corrected chi connectivity index (χ3v) is 3.77. The number of rotatable bonds is 1. The highest BCUT2D eigenvalue weighted by Crippen LogP contribution is 2.36. The summed E-state index contributed by atoms with van der Waals surface area (Å²) in [6.45, 7) is 1.72. The van der Waals surface area contributed by atoms with Gasteiger partial charge in [0.15, 0.2) is 5.58 Å². The fraction of sp³-hybridized carbons (Fsp3) is 0.0556. The lowest BCUT2D eigenvalue weighted by molar-refractivity contribution is 0.559. The van der Waals surface area contributed by atoms with E-state index in [1.807, 2.05) is 12.1 Å². The molecule has 2 aromatic heterocycles. The number of furan rings is 1. The minimum atomic E-state index is -0.524. The normalized spacial score (nSPS) is 11.4. The molecule has 0 aliphatic rings. The fourth-order valence-electron chi connectivity index (χ4n) is 2.81. The van der Waals surface area contributed by atoms with E-state index in [0.29, 0.717) is 33.4 Å². The van der Waals surface area contributed by atoms with Crippen molar-refractivity contribution in [3.05, 3.63) is 70.5 Å². The molecule has 3 nitrogen and oxygen atoms in total. The van der Waals surface area contributed by atoms with E-state index in [0.717, 1.165) is 0 Å². The first-order valence-electron chi connectivity index (χ1n) is 6.86. The third-order valence-electron chi connectivity index (χ3n) is 3.77. The fourth-order valence-corrected chi connectivity index (χ4v) is 2.81. The highest BCUT2D eigenvalue weighted by molar-refractivity contribution is 6.07. The summed E-state index contributed by atoms with van der Waals surface area (Å²) in [7, 11) is 0. The molecule has 2 aromatic carbocycles. The minimum absolute atomic E-state index is 0.279. The molecular formula is C18H11FO3. The average molecular weight is 294 g/mol. The standard InChI is InChI=1S/C18H11FO3/c1-10-15(11-6-2-4-8-13(11)19)16-17(21-10)12-7-3-5-9-14(12)22-18(16)20/h2-9H,1H3. The van der Waals surface area contributed by atoms with Crippen LogP contribution in [0.15, 0.2) is 62.2 Å². The smallest absolute Gasteiger partial charge is 0.348 e. The van der Waals surface area contributed by atoms with Gasteiger partial charge in [-0.1, -0.05) is 30.3 Å². The molecule has 0 saturated carbocycles. The monoisotopic (exact) mass is 294 g/mol. The van der Waals surface area contributed by atoms with Crippen molar-refractivity contribution in [1.29, 1.82) is 0 Å². The van der Waals surface area contributed by atoms with Crippen LogP contribution in [0.1, 0.15) is 5.76 Å². The first-order chi connectivity index (χ1) is 10.7. The van der Waals surface area contributed by atoms with Gasteiger partial charge < -0.3 is 8.83 Å². The lowest BCUT2D eigenvalue weighted by atomic mass is 10.0. The summed E-state index contributed by atoms with van der Waals surface area (Å²) in [5, 5.41) is 0.976. The summed E-state index contributed by atoms with van der Waals surface area (Å²) in [4.78, 5) is 12.4. The van der Waals surface area contributed by atoms with Gasteiger partial charge in [0.05, 0.1) is 5.39 Å². The van der Waals surface area contributed by atoms with Crippen molar-refractivity contribution in [3.63, 3.8) is 0 Å². The Morgan fingerprint density at radius 1 is 0.955 bits per heavy atom. The van der Waals surface area contributed by atoms with Crippen LogP contribution in [0.25, 0.3) is 33.1 Å². The molecule has 0 fully saturated rings. The molecule has 0 atom stereocenters. The zero-order valence-corrected chi connectivity index (χ0v) is 11.7. The van der Waals surface area contributed by atoms with E-state index in [1.165, 1.54) is 6.07 Å². The molecule has 0 saturated heterocycles. The van der Waals surface area contributed by atoms with Gasteiger partial charge >= 0.3 is 5.63 Å². The molecule has 4 rings (SSSR count). The first-order valence-corrected chi connectivity index (χ1v) is 6.86. The molecule has 0 aliphatic heterocycles. The van der Waals surface area contributed by atoms with Crippen molar-refractivity contribution in [3.8, 4) is 11.1 Å². The minimum Gasteiger partial charge on any atom is -0.460 e. The molecular weight excluding hydrogens is 283 g/mol. The zero-order valence-electron chi connectivity index (χ0n) is 11.7. The van der Waals surface area contributed by atoms with Crippen molar-refractivity contribution in [2.75, 3.05) is 0 Å². The Hall–Kier alpha value is -2.88. The quantitative estimate of drug-likeness (QED) is 0.480. The van der Waals surface area contributed by atoms with Gasteiger partial charge in [-0.05, 0) is 25.1 Å². The van der Waals surface area contributed by atoms with Crippen LogP contribution in [0.2, 0.25) is 0 Å². The molecule has 0 unspecified atom stereocenters. The molecule has 22 heavy (non-hydrogen) atoms. The van der Waals surface area contributed by atoms with Crippen molar-refractivity contribution in [2.24, 2.45) is 0 Å². The summed E-state index contributed by atoms with van der Waals surface area (Å²) in [6.07, 6.45) is 0. The lowest BCUT2D eigenvalue weighted by Gasteiger charge is -2.01. The number of hydrogen-bond donors (Lipinski definition) is 0. The highest BCUT2D eigenvalue weighted by Gasteiger charge is 2.21. The van der Waals surface area contributed by atoms with Crippen molar-refractivity contribution < 1.29 is 13.2 Å². The van der Waals surface area contributed by atoms with Crippen LogP contribution in [0.5, 0.6) is 0 Å². The second-order valence-electron chi connectivity index (χ2n) is 5.10. The Bertz CT molecular complexity index is 1070. The molecule has 0 radical (unpaired) electrons. The van der Waals surface area contributed by atoms with Crippen LogP contribution in [-0.4, -0.2) is 0 Å². The Morgan fingerprint density at radius 3 is 2.50 bits per heavy atom. The molecule has 2 heterocycles. The third kappa shape index (κ3) is 1.70. The molecule has 108 valence electrons. The molecule has 4 aromatic rings. The highest BCUT2D eigenvalue weighted by atomic mass is 19.1. The largest absolute Gasteiger partial charge is 0.460 e. The molecule has 0 amide bonds. The van der Waals surface area contributed by atoms with Gasteiger partial charge in [0.25, 0.3) is 0 Å². The number of aryl methyl sites for hydroxylation is 1. The van der Waals surface area contributed by atoms with Crippen LogP contribution in [-0.2, 0) is 0 Å². The number of fused-ring (bicyclic) bond motifs is 3. The first kappa shape index (κ1) is 12.8. The second-order valence-corrected chi connectivity index (χ2v) is 5.10. The van der Waals surface area contributed by atoms with Crippen molar-refractivity contribution in [1.82, 2.24) is 0 Å². The number of hydrogen-bond acceptors (Lipinski definition) is 3. The van der Waals surface area contributed by atoms with Gasteiger partial charge in [-0.15, -0.1) is 0 Å². The number of halogens is 1. The average Bonchev–Trinajstić information content (AvgIpc) is 2.86. The van der Waals surface area contributed by atoms with E-state index in [4.69, 9.17) is 8.83 Å². The van der Waals surface area contributed by atoms with Crippen LogP contribution in [0, 0.1) is 12.7 Å². The van der Waals surface area contributed by atoms with Gasteiger partial charge in [-0.2, -0.15) is 0 Å². The van der Waals surface area contributed by atoms with Gasteiger partial charge in [-0.25, -0.2) is 9.18 Å². The maximum atomic E-state index is 14.1. The van der Waals surface area contributed by atoms with Crippen LogP contribution >= 0.6 is 0 Å². The number of para-hydroxylation sites is 1. The van der Waals surface area contributed by atoms with Gasteiger partial charge in [0.2, 0.25) is 0 Å². The van der Waals surface area contributed by atoms with E-state index < -0.39 is 11.4 Å². The SMILES string of the molecule is Cc1oc2c(c1-c1ccccc1F)c(=O)oc1ccccc12. The second kappa shape index (κ2) is 4.56. The summed E-state index contributed by atoms with van der Waals surface area (Å²) >= 11 is 0. The van der Waals surface area contributed by atoms with E-state index in [-0.39, 0.29) is 5.39 Å². The van der Waals surface area contributed by atoms with E-state index in [2.05, 4.69) is 0 Å². The topological polar surface area (TPSA) is 43.4 Å². The van der Waals surface area contributed by atoms with E-state index in [9.17, 15) is 9.18 Å². The van der Waals surface area contributed by atoms with E-state index in [1.54, 1.807) is 37.3 Å². The summed E-state index contributed by atoms with van der Waals surface area (Å²) in [6, 6.07) is 13.4.